The van der Waals surface area contributed by atoms with Crippen LogP contribution < -0.4 is 0 Å². The Balaban J connectivity index is 1.50. The van der Waals surface area contributed by atoms with Crippen LogP contribution in [0.15, 0.2) is 85.5 Å². The van der Waals surface area contributed by atoms with E-state index in [4.69, 9.17) is 0 Å². The standard InChI is InChI=1S/C30H30/c1-2-3-4-5-6-16-27(29-20-19-22-12-7-9-14-24(22)29)28-18-11-17-26-25-15-10-8-13-23(25)21-30(26)28/h2,7-15,17-20,27,29H,1,3-6,16,21H2. The first kappa shape index (κ1) is 19.1. The van der Waals surface area contributed by atoms with Gasteiger partial charge in [0.05, 0.1) is 0 Å². The Morgan fingerprint density at radius 1 is 0.867 bits per heavy atom. The number of unbranched alkanes of at least 4 members (excludes halogenated alkanes) is 3. The number of allylic oxidation sites excluding steroid dienone is 2. The van der Waals surface area contributed by atoms with E-state index in [-0.39, 0.29) is 0 Å². The molecule has 0 nitrogen and oxygen atoms in total. The fourth-order valence-corrected chi connectivity index (χ4v) is 5.52. The SMILES string of the molecule is C=CCCCCCC(c1cccc2c1Cc1ccccc1-2)C1C=Cc2ccccc21. The van der Waals surface area contributed by atoms with Crippen LogP contribution >= 0.6 is 0 Å². The highest BCUT2D eigenvalue weighted by Crippen LogP contribution is 2.48. The zero-order valence-electron chi connectivity index (χ0n) is 17.7. The maximum atomic E-state index is 3.88. The molecule has 0 saturated carbocycles. The molecule has 0 aliphatic heterocycles. The van der Waals surface area contributed by atoms with Crippen molar-refractivity contribution in [1.82, 2.24) is 0 Å². The average molecular weight is 391 g/mol. The Labute approximate surface area is 181 Å². The summed E-state index contributed by atoms with van der Waals surface area (Å²) in [4.78, 5) is 0. The van der Waals surface area contributed by atoms with Gasteiger partial charge in [0.2, 0.25) is 0 Å². The molecule has 0 saturated heterocycles. The van der Waals surface area contributed by atoms with Gasteiger partial charge in [0.1, 0.15) is 0 Å². The molecular weight excluding hydrogens is 360 g/mol. The molecule has 150 valence electrons. The second-order valence-electron chi connectivity index (χ2n) is 8.75. The van der Waals surface area contributed by atoms with Crippen LogP contribution in [0, 0.1) is 0 Å². The monoisotopic (exact) mass is 390 g/mol. The van der Waals surface area contributed by atoms with Gasteiger partial charge in [-0.15, -0.1) is 6.58 Å². The van der Waals surface area contributed by atoms with Crippen LogP contribution in [-0.4, -0.2) is 0 Å². The molecule has 30 heavy (non-hydrogen) atoms. The molecule has 0 amide bonds. The molecule has 0 N–H and O–H groups in total. The fraction of sp³-hybridized carbons (Fsp3) is 0.267. The molecule has 5 rings (SSSR count). The zero-order chi connectivity index (χ0) is 20.3. The van der Waals surface area contributed by atoms with Crippen molar-refractivity contribution >= 4 is 6.08 Å². The van der Waals surface area contributed by atoms with Gasteiger partial charge in [-0.05, 0) is 70.5 Å². The minimum atomic E-state index is 0.482. The first-order chi connectivity index (χ1) is 14.9. The molecule has 2 atom stereocenters. The van der Waals surface area contributed by atoms with Crippen molar-refractivity contribution in [3.63, 3.8) is 0 Å². The molecule has 0 bridgehead atoms. The molecule has 2 unspecified atom stereocenters. The molecule has 0 fully saturated rings. The third kappa shape index (κ3) is 3.45. The smallest absolute Gasteiger partial charge is 0.00960 e. The molecule has 0 aromatic heterocycles. The minimum absolute atomic E-state index is 0.482. The summed E-state index contributed by atoms with van der Waals surface area (Å²) >= 11 is 0. The van der Waals surface area contributed by atoms with E-state index in [0.29, 0.717) is 11.8 Å². The summed E-state index contributed by atoms with van der Waals surface area (Å²) in [6.45, 7) is 3.88. The van der Waals surface area contributed by atoms with Crippen molar-refractivity contribution in [2.45, 2.75) is 50.4 Å². The summed E-state index contributed by atoms with van der Waals surface area (Å²) in [7, 11) is 0. The fourth-order valence-electron chi connectivity index (χ4n) is 5.52. The van der Waals surface area contributed by atoms with Crippen molar-refractivity contribution in [3.05, 3.63) is 113 Å². The van der Waals surface area contributed by atoms with E-state index in [1.165, 1.54) is 53.5 Å². The Morgan fingerprint density at radius 2 is 1.70 bits per heavy atom. The van der Waals surface area contributed by atoms with E-state index in [1.807, 2.05) is 0 Å². The maximum Gasteiger partial charge on any atom is 0.00960 e. The lowest BCUT2D eigenvalue weighted by Crippen LogP contribution is -2.11. The summed E-state index contributed by atoms with van der Waals surface area (Å²) in [6.07, 6.45) is 14.1. The van der Waals surface area contributed by atoms with E-state index in [9.17, 15) is 0 Å². The average Bonchev–Trinajstić information content (AvgIpc) is 3.38. The zero-order valence-corrected chi connectivity index (χ0v) is 17.7. The molecule has 2 aliphatic carbocycles. The first-order valence-corrected chi connectivity index (χ1v) is 11.4. The summed E-state index contributed by atoms with van der Waals surface area (Å²) in [5.41, 5.74) is 10.4. The van der Waals surface area contributed by atoms with Crippen molar-refractivity contribution in [2.24, 2.45) is 0 Å². The lowest BCUT2D eigenvalue weighted by Gasteiger charge is -2.27. The minimum Gasteiger partial charge on any atom is -0.103 e. The molecule has 0 spiro atoms. The molecule has 0 heteroatoms. The van der Waals surface area contributed by atoms with Gasteiger partial charge in [0, 0.05) is 5.92 Å². The number of benzene rings is 3. The largest absolute Gasteiger partial charge is 0.103 e. The third-order valence-electron chi connectivity index (χ3n) is 6.98. The van der Waals surface area contributed by atoms with E-state index in [1.54, 1.807) is 11.1 Å². The van der Waals surface area contributed by atoms with Crippen LogP contribution in [0.3, 0.4) is 0 Å². The molecule has 0 radical (unpaired) electrons. The Morgan fingerprint density at radius 3 is 2.63 bits per heavy atom. The maximum absolute atomic E-state index is 3.88. The third-order valence-corrected chi connectivity index (χ3v) is 6.98. The van der Waals surface area contributed by atoms with E-state index in [0.717, 1.165) is 12.8 Å². The second-order valence-corrected chi connectivity index (χ2v) is 8.75. The van der Waals surface area contributed by atoms with E-state index < -0.39 is 0 Å². The van der Waals surface area contributed by atoms with Crippen molar-refractivity contribution < 1.29 is 0 Å². The van der Waals surface area contributed by atoms with Gasteiger partial charge in [0.15, 0.2) is 0 Å². The predicted octanol–water partition coefficient (Wildman–Crippen LogP) is 8.29. The summed E-state index contributed by atoms with van der Waals surface area (Å²) in [6, 6.07) is 24.9. The quantitative estimate of drug-likeness (QED) is 0.210. The lowest BCUT2D eigenvalue weighted by molar-refractivity contribution is 0.524. The van der Waals surface area contributed by atoms with Crippen molar-refractivity contribution in [2.75, 3.05) is 0 Å². The number of fused-ring (bicyclic) bond motifs is 4. The van der Waals surface area contributed by atoms with Gasteiger partial charge in [-0.1, -0.05) is 97.8 Å². The molecule has 2 aliphatic rings. The number of rotatable bonds is 8. The van der Waals surface area contributed by atoms with E-state index >= 15 is 0 Å². The number of hydrogen-bond acceptors (Lipinski definition) is 0. The van der Waals surface area contributed by atoms with Crippen LogP contribution in [0.4, 0.5) is 0 Å². The van der Waals surface area contributed by atoms with Gasteiger partial charge in [-0.25, -0.2) is 0 Å². The lowest BCUT2D eigenvalue weighted by atomic mass is 9.77. The molecule has 3 aromatic rings. The summed E-state index contributed by atoms with van der Waals surface area (Å²) in [5.74, 6) is 1.02. The number of hydrogen-bond donors (Lipinski definition) is 0. The van der Waals surface area contributed by atoms with Gasteiger partial charge in [-0.3, -0.25) is 0 Å². The van der Waals surface area contributed by atoms with Gasteiger partial charge >= 0.3 is 0 Å². The summed E-state index contributed by atoms with van der Waals surface area (Å²) < 4.78 is 0. The Hall–Kier alpha value is -2.86. The highest BCUT2D eigenvalue weighted by molar-refractivity contribution is 5.78. The molecular formula is C30H30. The molecule has 0 heterocycles. The summed E-state index contributed by atoms with van der Waals surface area (Å²) in [5, 5.41) is 0. The van der Waals surface area contributed by atoms with E-state index in [2.05, 4.69) is 91.5 Å². The van der Waals surface area contributed by atoms with Crippen LogP contribution in [-0.2, 0) is 6.42 Å². The predicted molar refractivity (Wildman–Crippen MR) is 129 cm³/mol. The molecule has 3 aromatic carbocycles. The highest BCUT2D eigenvalue weighted by atomic mass is 14.3. The first-order valence-electron chi connectivity index (χ1n) is 11.4. The Kier molecular flexibility index (Phi) is 5.41. The Bertz CT molecular complexity index is 1080. The normalized spacial score (nSPS) is 16.7. The van der Waals surface area contributed by atoms with Crippen LogP contribution in [0.5, 0.6) is 0 Å². The van der Waals surface area contributed by atoms with Crippen LogP contribution in [0.25, 0.3) is 17.2 Å². The van der Waals surface area contributed by atoms with Gasteiger partial charge in [-0.2, -0.15) is 0 Å². The topological polar surface area (TPSA) is 0 Å². The highest BCUT2D eigenvalue weighted by Gasteiger charge is 2.31. The van der Waals surface area contributed by atoms with Crippen molar-refractivity contribution in [3.8, 4) is 11.1 Å². The van der Waals surface area contributed by atoms with Crippen LogP contribution in [0.1, 0.15) is 71.8 Å². The van der Waals surface area contributed by atoms with Gasteiger partial charge < -0.3 is 0 Å². The van der Waals surface area contributed by atoms with Crippen molar-refractivity contribution in [1.29, 1.82) is 0 Å². The van der Waals surface area contributed by atoms with Crippen LogP contribution in [0.2, 0.25) is 0 Å². The van der Waals surface area contributed by atoms with Gasteiger partial charge in [0.25, 0.3) is 0 Å². The second kappa shape index (κ2) is 8.48.